The number of benzene rings is 2. The number of morpholine rings is 1. The number of imide groups is 1. The van der Waals surface area contributed by atoms with E-state index in [9.17, 15) is 9.59 Å². The molecule has 162 valence electrons. The van der Waals surface area contributed by atoms with Gasteiger partial charge in [-0.15, -0.1) is 0 Å². The first kappa shape index (κ1) is 21.6. The number of nitrogens with one attached hydrogen (secondary N) is 1. The van der Waals surface area contributed by atoms with Gasteiger partial charge >= 0.3 is 0 Å². The minimum atomic E-state index is -0.301. The Morgan fingerprint density at radius 1 is 1.00 bits per heavy atom. The molecule has 1 N–H and O–H groups in total. The van der Waals surface area contributed by atoms with E-state index in [1.54, 1.807) is 12.1 Å². The van der Waals surface area contributed by atoms with Crippen molar-refractivity contribution in [2.75, 3.05) is 44.7 Å². The van der Waals surface area contributed by atoms with Crippen molar-refractivity contribution >= 4 is 34.7 Å². The van der Waals surface area contributed by atoms with Crippen LogP contribution in [0.15, 0.2) is 54.2 Å². The molecular formula is C24H26ClN3O3. The molecule has 0 aliphatic carbocycles. The van der Waals surface area contributed by atoms with Gasteiger partial charge in [-0.05, 0) is 36.6 Å². The molecular weight excluding hydrogens is 414 g/mol. The maximum Gasteiger partial charge on any atom is 0.278 e. The number of ether oxygens (including phenoxy) is 1. The molecule has 2 aromatic rings. The van der Waals surface area contributed by atoms with Crippen molar-refractivity contribution in [3.8, 4) is 0 Å². The van der Waals surface area contributed by atoms with Crippen LogP contribution >= 0.6 is 11.6 Å². The second-order valence-corrected chi connectivity index (χ2v) is 8.21. The van der Waals surface area contributed by atoms with Gasteiger partial charge in [-0.25, -0.2) is 0 Å². The molecule has 2 aromatic carbocycles. The van der Waals surface area contributed by atoms with E-state index >= 15 is 0 Å². The molecule has 2 aliphatic heterocycles. The van der Waals surface area contributed by atoms with Crippen LogP contribution in [0, 0.1) is 6.92 Å². The summed E-state index contributed by atoms with van der Waals surface area (Å²) in [5, 5.41) is 3.77. The van der Waals surface area contributed by atoms with E-state index in [4.69, 9.17) is 16.3 Å². The standard InChI is InChI=1S/C24H26ClN3O3/c1-17-8-9-19(25)16-20(17)26-22-21(18-6-3-2-4-7-18)23(29)28(24(22)30)11-5-10-27-12-14-31-15-13-27/h2-4,6-9,16,26H,5,10-15H2,1H3. The molecule has 6 nitrogen and oxygen atoms in total. The number of hydrogen-bond acceptors (Lipinski definition) is 5. The molecule has 0 bridgehead atoms. The van der Waals surface area contributed by atoms with Crippen LogP contribution in [-0.2, 0) is 14.3 Å². The van der Waals surface area contributed by atoms with Crippen molar-refractivity contribution in [2.45, 2.75) is 13.3 Å². The van der Waals surface area contributed by atoms with Crippen LogP contribution < -0.4 is 5.32 Å². The van der Waals surface area contributed by atoms with Gasteiger partial charge in [0.1, 0.15) is 5.70 Å². The highest BCUT2D eigenvalue weighted by Gasteiger charge is 2.39. The molecule has 2 heterocycles. The lowest BCUT2D eigenvalue weighted by atomic mass is 10.0. The van der Waals surface area contributed by atoms with E-state index in [1.165, 1.54) is 4.90 Å². The van der Waals surface area contributed by atoms with E-state index in [2.05, 4.69) is 10.2 Å². The highest BCUT2D eigenvalue weighted by Crippen LogP contribution is 2.32. The molecule has 0 atom stereocenters. The van der Waals surface area contributed by atoms with Crippen LogP contribution in [0.25, 0.3) is 5.57 Å². The summed E-state index contributed by atoms with van der Waals surface area (Å²) in [7, 11) is 0. The normalized spacial score (nSPS) is 17.5. The van der Waals surface area contributed by atoms with E-state index in [1.807, 2.05) is 43.3 Å². The molecule has 2 amide bonds. The van der Waals surface area contributed by atoms with Gasteiger partial charge in [0, 0.05) is 36.9 Å². The van der Waals surface area contributed by atoms with Crippen LogP contribution in [0.4, 0.5) is 5.69 Å². The Morgan fingerprint density at radius 3 is 2.48 bits per heavy atom. The topological polar surface area (TPSA) is 61.9 Å². The third kappa shape index (κ3) is 4.82. The average Bonchev–Trinajstić information content (AvgIpc) is 3.02. The molecule has 1 saturated heterocycles. The summed E-state index contributed by atoms with van der Waals surface area (Å²) in [6, 6.07) is 14.8. The van der Waals surface area contributed by atoms with Crippen LogP contribution in [-0.4, -0.2) is 61.0 Å². The Morgan fingerprint density at radius 2 is 1.74 bits per heavy atom. The maximum absolute atomic E-state index is 13.3. The van der Waals surface area contributed by atoms with Crippen molar-refractivity contribution in [1.29, 1.82) is 0 Å². The quantitative estimate of drug-likeness (QED) is 0.668. The van der Waals surface area contributed by atoms with Crippen LogP contribution in [0.1, 0.15) is 17.5 Å². The van der Waals surface area contributed by atoms with Crippen LogP contribution in [0.5, 0.6) is 0 Å². The number of rotatable bonds is 7. The molecule has 0 spiro atoms. The number of carbonyl (C=O) groups is 2. The fourth-order valence-electron chi connectivity index (χ4n) is 3.91. The van der Waals surface area contributed by atoms with Gasteiger partial charge in [0.2, 0.25) is 0 Å². The number of aryl methyl sites for hydroxylation is 1. The van der Waals surface area contributed by atoms with Gasteiger partial charge in [-0.3, -0.25) is 19.4 Å². The fraction of sp³-hybridized carbons (Fsp3) is 0.333. The summed E-state index contributed by atoms with van der Waals surface area (Å²) in [4.78, 5) is 30.3. The Labute approximate surface area is 187 Å². The number of amides is 2. The third-order valence-electron chi connectivity index (χ3n) is 5.65. The summed E-state index contributed by atoms with van der Waals surface area (Å²) >= 11 is 6.16. The minimum absolute atomic E-state index is 0.264. The van der Waals surface area contributed by atoms with Crippen molar-refractivity contribution in [1.82, 2.24) is 9.80 Å². The lowest BCUT2D eigenvalue weighted by Gasteiger charge is -2.27. The third-order valence-corrected chi connectivity index (χ3v) is 5.88. The van der Waals surface area contributed by atoms with E-state index in [-0.39, 0.29) is 11.8 Å². The second-order valence-electron chi connectivity index (χ2n) is 7.77. The number of carbonyl (C=O) groups excluding carboxylic acids is 2. The second kappa shape index (κ2) is 9.64. The monoisotopic (exact) mass is 439 g/mol. The summed E-state index contributed by atoms with van der Waals surface area (Å²) < 4.78 is 5.38. The molecule has 0 aromatic heterocycles. The molecule has 0 saturated carbocycles. The van der Waals surface area contributed by atoms with E-state index < -0.39 is 0 Å². The summed E-state index contributed by atoms with van der Waals surface area (Å²) in [6.45, 7) is 6.38. The molecule has 1 fully saturated rings. The average molecular weight is 440 g/mol. The Kier molecular flexibility index (Phi) is 6.70. The van der Waals surface area contributed by atoms with E-state index in [0.29, 0.717) is 28.5 Å². The fourth-order valence-corrected chi connectivity index (χ4v) is 4.08. The first-order valence-electron chi connectivity index (χ1n) is 10.5. The van der Waals surface area contributed by atoms with Crippen LogP contribution in [0.3, 0.4) is 0 Å². The molecule has 7 heteroatoms. The lowest BCUT2D eigenvalue weighted by Crippen LogP contribution is -2.39. The van der Waals surface area contributed by atoms with Crippen LogP contribution in [0.2, 0.25) is 5.02 Å². The smallest absolute Gasteiger partial charge is 0.278 e. The zero-order chi connectivity index (χ0) is 21.8. The van der Waals surface area contributed by atoms with Gasteiger partial charge in [-0.2, -0.15) is 0 Å². The minimum Gasteiger partial charge on any atom is -0.379 e. The predicted molar refractivity (Wildman–Crippen MR) is 122 cm³/mol. The lowest BCUT2D eigenvalue weighted by molar-refractivity contribution is -0.136. The van der Waals surface area contributed by atoms with Gasteiger partial charge < -0.3 is 10.1 Å². The Hall–Kier alpha value is -2.67. The van der Waals surface area contributed by atoms with Gasteiger partial charge in [0.15, 0.2) is 0 Å². The number of hydrogen-bond donors (Lipinski definition) is 1. The number of halogens is 1. The van der Waals surface area contributed by atoms with Gasteiger partial charge in [0.25, 0.3) is 11.8 Å². The first-order valence-corrected chi connectivity index (χ1v) is 10.9. The van der Waals surface area contributed by atoms with Crippen molar-refractivity contribution in [3.63, 3.8) is 0 Å². The first-order chi connectivity index (χ1) is 15.0. The van der Waals surface area contributed by atoms with E-state index in [0.717, 1.165) is 50.4 Å². The Bertz CT molecular complexity index is 1000. The Balaban J connectivity index is 1.57. The molecule has 2 aliphatic rings. The summed E-state index contributed by atoms with van der Waals surface area (Å²) in [6.07, 6.45) is 0.725. The molecule has 4 rings (SSSR count). The zero-order valence-corrected chi connectivity index (χ0v) is 18.3. The van der Waals surface area contributed by atoms with Crippen molar-refractivity contribution in [2.24, 2.45) is 0 Å². The molecule has 31 heavy (non-hydrogen) atoms. The highest BCUT2D eigenvalue weighted by atomic mass is 35.5. The number of anilines is 1. The molecule has 0 radical (unpaired) electrons. The predicted octanol–water partition coefficient (Wildman–Crippen LogP) is 3.56. The summed E-state index contributed by atoms with van der Waals surface area (Å²) in [5.74, 6) is -0.564. The van der Waals surface area contributed by atoms with Gasteiger partial charge in [-0.1, -0.05) is 48.0 Å². The van der Waals surface area contributed by atoms with Gasteiger partial charge in [0.05, 0.1) is 18.8 Å². The summed E-state index contributed by atoms with van der Waals surface area (Å²) in [5.41, 5.74) is 3.07. The largest absolute Gasteiger partial charge is 0.379 e. The van der Waals surface area contributed by atoms with Crippen molar-refractivity contribution < 1.29 is 14.3 Å². The zero-order valence-electron chi connectivity index (χ0n) is 17.6. The highest BCUT2D eigenvalue weighted by molar-refractivity contribution is 6.36. The molecule has 0 unspecified atom stereocenters. The number of nitrogens with zero attached hydrogens (tertiary/aromatic N) is 2. The maximum atomic E-state index is 13.3. The SMILES string of the molecule is Cc1ccc(Cl)cc1NC1=C(c2ccccc2)C(=O)N(CCCN2CCOCC2)C1=O. The van der Waals surface area contributed by atoms with Crippen molar-refractivity contribution in [3.05, 3.63) is 70.4 Å².